The van der Waals surface area contributed by atoms with Crippen molar-refractivity contribution in [3.63, 3.8) is 0 Å². The van der Waals surface area contributed by atoms with Gasteiger partial charge in [-0.05, 0) is 13.0 Å². The average Bonchev–Trinajstić information content (AvgIpc) is 2.37. The first-order valence-electron chi connectivity index (χ1n) is 5.49. The molecule has 1 heterocycles. The molecule has 1 aromatic heterocycles. The molecule has 4 heteroatoms. The fourth-order valence-electron chi connectivity index (χ4n) is 1.21. The van der Waals surface area contributed by atoms with Crippen molar-refractivity contribution >= 4 is 5.91 Å². The zero-order valence-electron chi connectivity index (χ0n) is 10.1. The van der Waals surface area contributed by atoms with Gasteiger partial charge >= 0.3 is 0 Å². The van der Waals surface area contributed by atoms with Gasteiger partial charge in [-0.2, -0.15) is 0 Å². The fraction of sp³-hybridized carbons (Fsp3) is 0.385. The predicted molar refractivity (Wildman–Crippen MR) is 65.5 cm³/mol. The predicted octanol–water partition coefficient (Wildman–Crippen LogP) is 0.907. The van der Waals surface area contributed by atoms with Crippen LogP contribution in [0.5, 0.6) is 0 Å². The summed E-state index contributed by atoms with van der Waals surface area (Å²) < 4.78 is 0. The molecule has 0 saturated heterocycles. The van der Waals surface area contributed by atoms with E-state index in [9.17, 15) is 4.79 Å². The molecule has 1 aromatic rings. The Morgan fingerprint density at radius 1 is 1.53 bits per heavy atom. The Labute approximate surface area is 101 Å². The zero-order chi connectivity index (χ0) is 12.7. The lowest BCUT2D eigenvalue weighted by molar-refractivity contribution is 0.0802. The molecule has 90 valence electrons. The van der Waals surface area contributed by atoms with Crippen molar-refractivity contribution in [1.82, 2.24) is 9.88 Å². The van der Waals surface area contributed by atoms with Gasteiger partial charge in [0, 0.05) is 38.0 Å². The fourth-order valence-corrected chi connectivity index (χ4v) is 1.21. The number of aromatic nitrogens is 1. The van der Waals surface area contributed by atoms with Crippen LogP contribution in [-0.4, -0.2) is 41.1 Å². The van der Waals surface area contributed by atoms with E-state index in [2.05, 4.69) is 16.8 Å². The van der Waals surface area contributed by atoms with E-state index in [0.717, 1.165) is 0 Å². The van der Waals surface area contributed by atoms with E-state index in [1.807, 2.05) is 6.92 Å². The van der Waals surface area contributed by atoms with Crippen LogP contribution >= 0.6 is 0 Å². The molecule has 0 bridgehead atoms. The number of aliphatic hydroxyl groups is 1. The highest BCUT2D eigenvalue weighted by atomic mass is 16.2. The van der Waals surface area contributed by atoms with Crippen molar-refractivity contribution in [2.24, 2.45) is 0 Å². The smallest absolute Gasteiger partial charge is 0.255 e. The van der Waals surface area contributed by atoms with Gasteiger partial charge in [0.25, 0.3) is 5.91 Å². The van der Waals surface area contributed by atoms with Gasteiger partial charge < -0.3 is 10.0 Å². The molecule has 0 aliphatic heterocycles. The lowest BCUT2D eigenvalue weighted by Gasteiger charge is -2.13. The molecule has 0 spiro atoms. The van der Waals surface area contributed by atoms with Crippen LogP contribution in [-0.2, 0) is 0 Å². The summed E-state index contributed by atoms with van der Waals surface area (Å²) in [6.45, 7) is 2.60. The molecule has 0 aromatic carbocycles. The highest BCUT2D eigenvalue weighted by Gasteiger charge is 2.10. The van der Waals surface area contributed by atoms with Gasteiger partial charge in [0.2, 0.25) is 0 Å². The Bertz CT molecular complexity index is 446. The first-order chi connectivity index (χ1) is 8.19. The SMILES string of the molecule is CCN(C)C(=O)c1cncc(C#CCCO)c1. The first kappa shape index (κ1) is 13.2. The molecule has 1 amide bonds. The second-order valence-electron chi connectivity index (χ2n) is 3.56. The van der Waals surface area contributed by atoms with Crippen molar-refractivity contribution in [3.8, 4) is 11.8 Å². The highest BCUT2D eigenvalue weighted by molar-refractivity contribution is 5.94. The Hall–Kier alpha value is -1.86. The molecular formula is C13H16N2O2. The lowest BCUT2D eigenvalue weighted by atomic mass is 10.2. The quantitative estimate of drug-likeness (QED) is 0.788. The first-order valence-corrected chi connectivity index (χ1v) is 5.49. The molecule has 4 nitrogen and oxygen atoms in total. The number of pyridine rings is 1. The Morgan fingerprint density at radius 2 is 2.29 bits per heavy atom. The van der Waals surface area contributed by atoms with Crippen LogP contribution in [0.2, 0.25) is 0 Å². The normalized spacial score (nSPS) is 9.35. The van der Waals surface area contributed by atoms with E-state index in [0.29, 0.717) is 24.1 Å². The summed E-state index contributed by atoms with van der Waals surface area (Å²) in [6.07, 6.45) is 3.56. The van der Waals surface area contributed by atoms with Gasteiger partial charge in [0.05, 0.1) is 12.2 Å². The van der Waals surface area contributed by atoms with Crippen molar-refractivity contribution in [3.05, 3.63) is 29.6 Å². The molecule has 0 saturated carbocycles. The third kappa shape index (κ3) is 3.89. The minimum atomic E-state index is -0.0641. The molecule has 17 heavy (non-hydrogen) atoms. The molecule has 0 radical (unpaired) electrons. The molecule has 0 unspecified atom stereocenters. The van der Waals surface area contributed by atoms with Crippen molar-refractivity contribution in [2.45, 2.75) is 13.3 Å². The molecule has 0 aliphatic rings. The van der Waals surface area contributed by atoms with Crippen LogP contribution in [0.25, 0.3) is 0 Å². The van der Waals surface area contributed by atoms with Crippen molar-refractivity contribution in [2.75, 3.05) is 20.2 Å². The summed E-state index contributed by atoms with van der Waals surface area (Å²) >= 11 is 0. The highest BCUT2D eigenvalue weighted by Crippen LogP contribution is 2.04. The minimum Gasteiger partial charge on any atom is -0.395 e. The zero-order valence-corrected chi connectivity index (χ0v) is 10.1. The number of amides is 1. The minimum absolute atomic E-state index is 0.0393. The van der Waals surface area contributed by atoms with E-state index in [4.69, 9.17) is 5.11 Å². The molecule has 0 atom stereocenters. The summed E-state index contributed by atoms with van der Waals surface area (Å²) in [4.78, 5) is 17.5. The number of rotatable bonds is 3. The van der Waals surface area contributed by atoms with E-state index in [-0.39, 0.29) is 12.5 Å². The number of aliphatic hydroxyl groups excluding tert-OH is 1. The number of carbonyl (C=O) groups is 1. The van der Waals surface area contributed by atoms with Gasteiger partial charge in [0.1, 0.15) is 0 Å². The average molecular weight is 232 g/mol. The summed E-state index contributed by atoms with van der Waals surface area (Å²) in [6, 6.07) is 1.71. The Morgan fingerprint density at radius 3 is 2.94 bits per heavy atom. The van der Waals surface area contributed by atoms with E-state index >= 15 is 0 Å². The number of nitrogens with zero attached hydrogens (tertiary/aromatic N) is 2. The molecule has 0 fully saturated rings. The van der Waals surface area contributed by atoms with E-state index in [1.54, 1.807) is 24.2 Å². The van der Waals surface area contributed by atoms with Crippen LogP contribution in [0.1, 0.15) is 29.3 Å². The maximum atomic E-state index is 11.9. The van der Waals surface area contributed by atoms with E-state index < -0.39 is 0 Å². The topological polar surface area (TPSA) is 53.4 Å². The van der Waals surface area contributed by atoms with Crippen LogP contribution in [0.3, 0.4) is 0 Å². The van der Waals surface area contributed by atoms with Crippen LogP contribution in [0.4, 0.5) is 0 Å². The van der Waals surface area contributed by atoms with Crippen LogP contribution in [0, 0.1) is 11.8 Å². The summed E-state index contributed by atoms with van der Waals surface area (Å²) in [7, 11) is 1.74. The Kier molecular flexibility index (Phi) is 5.18. The van der Waals surface area contributed by atoms with Crippen molar-refractivity contribution < 1.29 is 9.90 Å². The third-order valence-corrected chi connectivity index (χ3v) is 2.28. The third-order valence-electron chi connectivity index (χ3n) is 2.28. The monoisotopic (exact) mass is 232 g/mol. The standard InChI is InChI=1S/C13H16N2O2/c1-3-15(2)13(17)12-8-11(9-14-10-12)6-4-5-7-16/h8-10,16H,3,5,7H2,1-2H3. The Balaban J connectivity index is 2.87. The van der Waals surface area contributed by atoms with Gasteiger partial charge in [-0.15, -0.1) is 0 Å². The molecule has 0 aliphatic carbocycles. The number of carbonyl (C=O) groups excluding carboxylic acids is 1. The van der Waals surface area contributed by atoms with Crippen LogP contribution in [0.15, 0.2) is 18.5 Å². The van der Waals surface area contributed by atoms with Crippen LogP contribution < -0.4 is 0 Å². The maximum Gasteiger partial charge on any atom is 0.255 e. The summed E-state index contributed by atoms with van der Waals surface area (Å²) in [5.74, 6) is 5.59. The number of hydrogen-bond donors (Lipinski definition) is 1. The molecule has 1 rings (SSSR count). The maximum absolute atomic E-state index is 11.9. The second-order valence-corrected chi connectivity index (χ2v) is 3.56. The largest absolute Gasteiger partial charge is 0.395 e. The van der Waals surface area contributed by atoms with Crippen molar-refractivity contribution in [1.29, 1.82) is 0 Å². The lowest BCUT2D eigenvalue weighted by Crippen LogP contribution is -2.26. The molecule has 1 N–H and O–H groups in total. The van der Waals surface area contributed by atoms with Gasteiger partial charge in [-0.1, -0.05) is 11.8 Å². The summed E-state index contributed by atoms with van der Waals surface area (Å²) in [5.41, 5.74) is 1.22. The van der Waals surface area contributed by atoms with Gasteiger partial charge in [0.15, 0.2) is 0 Å². The van der Waals surface area contributed by atoms with Gasteiger partial charge in [-0.3, -0.25) is 9.78 Å². The van der Waals surface area contributed by atoms with E-state index in [1.165, 1.54) is 6.20 Å². The second kappa shape index (κ2) is 6.66. The summed E-state index contributed by atoms with van der Waals surface area (Å²) in [5, 5.41) is 8.61. The molecular weight excluding hydrogens is 216 g/mol. The number of hydrogen-bond acceptors (Lipinski definition) is 3. The van der Waals surface area contributed by atoms with Gasteiger partial charge in [-0.25, -0.2) is 0 Å².